The fourth-order valence-corrected chi connectivity index (χ4v) is 4.83. The van der Waals surface area contributed by atoms with E-state index in [1.165, 1.54) is 19.3 Å². The molecule has 1 heterocycles. The predicted octanol–water partition coefficient (Wildman–Crippen LogP) is 5.32. The maximum Gasteiger partial charge on any atom is 0.278 e. The second-order valence-corrected chi connectivity index (χ2v) is 8.91. The number of likely N-dealkylation sites (N-methyl/N-ethyl adjacent to an activating group) is 1. The van der Waals surface area contributed by atoms with Crippen LogP contribution in [0.1, 0.15) is 61.6 Å². The average molecular weight is 417 g/mol. The molecule has 0 radical (unpaired) electrons. The molecule has 4 nitrogen and oxygen atoms in total. The van der Waals surface area contributed by atoms with Crippen molar-refractivity contribution in [3.05, 3.63) is 77.0 Å². The van der Waals surface area contributed by atoms with Gasteiger partial charge in [-0.2, -0.15) is 0 Å². The summed E-state index contributed by atoms with van der Waals surface area (Å²) in [6.07, 6.45) is 7.61. The number of aryl methyl sites for hydroxylation is 1. The zero-order chi connectivity index (χ0) is 21.8. The molecule has 0 atom stereocenters. The van der Waals surface area contributed by atoms with Crippen molar-refractivity contribution >= 4 is 17.4 Å². The zero-order valence-corrected chi connectivity index (χ0v) is 18.6. The van der Waals surface area contributed by atoms with Crippen molar-refractivity contribution in [3.63, 3.8) is 0 Å². The Morgan fingerprint density at radius 2 is 1.45 bits per heavy atom. The first-order valence-corrected chi connectivity index (χ1v) is 11.5. The van der Waals surface area contributed by atoms with E-state index in [-0.39, 0.29) is 17.9 Å². The molecular formula is C27H32N2O2. The van der Waals surface area contributed by atoms with Crippen LogP contribution in [0.2, 0.25) is 0 Å². The Balaban J connectivity index is 1.71. The van der Waals surface area contributed by atoms with E-state index in [0.29, 0.717) is 17.8 Å². The minimum atomic E-state index is -0.135. The van der Waals surface area contributed by atoms with E-state index in [9.17, 15) is 9.59 Å². The molecule has 0 aromatic heterocycles. The van der Waals surface area contributed by atoms with Crippen LogP contribution in [0, 0.1) is 6.92 Å². The molecule has 1 aliphatic heterocycles. The van der Waals surface area contributed by atoms with E-state index in [0.717, 1.165) is 42.4 Å². The van der Waals surface area contributed by atoms with Crippen LogP contribution in [0.5, 0.6) is 0 Å². The first kappa shape index (κ1) is 21.4. The van der Waals surface area contributed by atoms with Crippen LogP contribution in [0.4, 0.5) is 0 Å². The van der Waals surface area contributed by atoms with Crippen LogP contribution in [-0.4, -0.2) is 34.7 Å². The molecule has 0 N–H and O–H groups in total. The van der Waals surface area contributed by atoms with Gasteiger partial charge in [0.25, 0.3) is 11.8 Å². The van der Waals surface area contributed by atoms with Gasteiger partial charge < -0.3 is 4.90 Å². The Morgan fingerprint density at radius 3 is 2.10 bits per heavy atom. The van der Waals surface area contributed by atoms with Gasteiger partial charge in [-0.3, -0.25) is 14.5 Å². The SMILES string of the molecule is Cc1ccc(C2=C(N(C)Cc3ccccc3)C(=O)N(C3CCCCCCC3)C2=O)cc1. The molecule has 4 heteroatoms. The highest BCUT2D eigenvalue weighted by molar-refractivity contribution is 6.35. The Labute approximate surface area is 185 Å². The molecule has 0 bridgehead atoms. The van der Waals surface area contributed by atoms with Crippen molar-refractivity contribution in [1.82, 2.24) is 9.80 Å². The standard InChI is InChI=1S/C27H32N2O2/c1-20-15-17-22(18-16-20)24-25(28(2)19-21-11-7-6-8-12-21)27(31)29(26(24)30)23-13-9-4-3-5-10-14-23/h6-8,11-12,15-18,23H,3-5,9-10,13-14,19H2,1-2H3. The molecule has 1 aliphatic carbocycles. The second kappa shape index (κ2) is 9.51. The number of rotatable bonds is 5. The molecule has 2 amide bonds. The summed E-state index contributed by atoms with van der Waals surface area (Å²) in [4.78, 5) is 30.9. The number of carbonyl (C=O) groups is 2. The number of imide groups is 1. The van der Waals surface area contributed by atoms with Crippen molar-refractivity contribution in [2.75, 3.05) is 7.05 Å². The molecule has 2 aromatic rings. The summed E-state index contributed by atoms with van der Waals surface area (Å²) in [6, 6.07) is 18.0. The summed E-state index contributed by atoms with van der Waals surface area (Å²) >= 11 is 0. The van der Waals surface area contributed by atoms with Crippen LogP contribution in [0.25, 0.3) is 5.57 Å². The second-order valence-electron chi connectivity index (χ2n) is 8.91. The molecule has 0 unspecified atom stereocenters. The highest BCUT2D eigenvalue weighted by Crippen LogP contribution is 2.35. The lowest BCUT2D eigenvalue weighted by Gasteiger charge is -2.29. The predicted molar refractivity (Wildman–Crippen MR) is 124 cm³/mol. The average Bonchev–Trinajstić information content (AvgIpc) is 3.00. The molecule has 31 heavy (non-hydrogen) atoms. The third kappa shape index (κ3) is 4.58. The van der Waals surface area contributed by atoms with Gasteiger partial charge >= 0.3 is 0 Å². The van der Waals surface area contributed by atoms with Gasteiger partial charge in [-0.05, 0) is 30.9 Å². The van der Waals surface area contributed by atoms with Crippen molar-refractivity contribution in [2.45, 2.75) is 64.5 Å². The number of carbonyl (C=O) groups excluding carboxylic acids is 2. The van der Waals surface area contributed by atoms with E-state index in [1.54, 1.807) is 4.90 Å². The van der Waals surface area contributed by atoms with Gasteiger partial charge in [0.05, 0.1) is 5.57 Å². The highest BCUT2D eigenvalue weighted by Gasteiger charge is 2.43. The van der Waals surface area contributed by atoms with Crippen molar-refractivity contribution in [3.8, 4) is 0 Å². The third-order valence-electron chi connectivity index (χ3n) is 6.52. The van der Waals surface area contributed by atoms with Gasteiger partial charge in [-0.15, -0.1) is 0 Å². The molecule has 2 aliphatic rings. The van der Waals surface area contributed by atoms with Gasteiger partial charge in [0, 0.05) is 19.6 Å². The number of nitrogens with zero attached hydrogens (tertiary/aromatic N) is 2. The molecule has 4 rings (SSSR count). The molecule has 1 saturated carbocycles. The van der Waals surface area contributed by atoms with Gasteiger partial charge in [-0.1, -0.05) is 92.3 Å². The molecule has 2 aromatic carbocycles. The number of hydrogen-bond donors (Lipinski definition) is 0. The molecule has 0 saturated heterocycles. The topological polar surface area (TPSA) is 40.6 Å². The first-order chi connectivity index (χ1) is 15.1. The van der Waals surface area contributed by atoms with Gasteiger partial charge in [0.15, 0.2) is 0 Å². The molecular weight excluding hydrogens is 384 g/mol. The lowest BCUT2D eigenvalue weighted by atomic mass is 9.95. The minimum absolute atomic E-state index is 0.00312. The maximum absolute atomic E-state index is 13.7. The van der Waals surface area contributed by atoms with Crippen molar-refractivity contribution in [2.24, 2.45) is 0 Å². The van der Waals surface area contributed by atoms with E-state index < -0.39 is 0 Å². The maximum atomic E-state index is 13.7. The Kier molecular flexibility index (Phi) is 6.55. The van der Waals surface area contributed by atoms with Crippen molar-refractivity contribution < 1.29 is 9.59 Å². The fraction of sp³-hybridized carbons (Fsp3) is 0.407. The third-order valence-corrected chi connectivity index (χ3v) is 6.52. The lowest BCUT2D eigenvalue weighted by molar-refractivity contribution is -0.140. The molecule has 0 spiro atoms. The van der Waals surface area contributed by atoms with Crippen LogP contribution in [0.3, 0.4) is 0 Å². The van der Waals surface area contributed by atoms with Crippen LogP contribution >= 0.6 is 0 Å². The van der Waals surface area contributed by atoms with E-state index in [2.05, 4.69) is 12.1 Å². The summed E-state index contributed by atoms with van der Waals surface area (Å²) in [6.45, 7) is 2.62. The number of amides is 2. The van der Waals surface area contributed by atoms with Crippen LogP contribution in [-0.2, 0) is 16.1 Å². The Morgan fingerprint density at radius 1 is 0.839 bits per heavy atom. The summed E-state index contributed by atoms with van der Waals surface area (Å²) in [5, 5.41) is 0. The van der Waals surface area contributed by atoms with Gasteiger partial charge in [0.1, 0.15) is 5.70 Å². The molecule has 162 valence electrons. The summed E-state index contributed by atoms with van der Waals surface area (Å²) in [5.41, 5.74) is 4.15. The lowest BCUT2D eigenvalue weighted by Crippen LogP contribution is -2.42. The zero-order valence-electron chi connectivity index (χ0n) is 18.6. The normalized spacial score (nSPS) is 18.3. The van der Waals surface area contributed by atoms with Gasteiger partial charge in [0.2, 0.25) is 0 Å². The minimum Gasteiger partial charge on any atom is -0.365 e. The summed E-state index contributed by atoms with van der Waals surface area (Å²) < 4.78 is 0. The smallest absolute Gasteiger partial charge is 0.278 e. The summed E-state index contributed by atoms with van der Waals surface area (Å²) in [5.74, 6) is -0.265. The molecule has 1 fully saturated rings. The van der Waals surface area contributed by atoms with Crippen LogP contribution in [0.15, 0.2) is 60.3 Å². The monoisotopic (exact) mass is 416 g/mol. The number of benzene rings is 2. The first-order valence-electron chi connectivity index (χ1n) is 11.5. The summed E-state index contributed by atoms with van der Waals surface area (Å²) in [7, 11) is 1.92. The Hall–Kier alpha value is -2.88. The van der Waals surface area contributed by atoms with Crippen molar-refractivity contribution in [1.29, 1.82) is 0 Å². The largest absolute Gasteiger partial charge is 0.365 e. The highest BCUT2D eigenvalue weighted by atomic mass is 16.2. The number of hydrogen-bond acceptors (Lipinski definition) is 3. The quantitative estimate of drug-likeness (QED) is 0.620. The van der Waals surface area contributed by atoms with E-state index in [1.807, 2.05) is 61.3 Å². The van der Waals surface area contributed by atoms with E-state index in [4.69, 9.17) is 0 Å². The van der Waals surface area contributed by atoms with Crippen LogP contribution < -0.4 is 0 Å². The Bertz CT molecular complexity index is 954. The van der Waals surface area contributed by atoms with Gasteiger partial charge in [-0.25, -0.2) is 0 Å². The fourth-order valence-electron chi connectivity index (χ4n) is 4.83. The van der Waals surface area contributed by atoms with E-state index >= 15 is 0 Å².